The van der Waals surface area contributed by atoms with Crippen molar-refractivity contribution in [3.63, 3.8) is 0 Å². The number of imidazole rings is 1. The highest BCUT2D eigenvalue weighted by Crippen LogP contribution is 2.35. The van der Waals surface area contributed by atoms with Crippen LogP contribution in [0.3, 0.4) is 0 Å². The molecular formula is C98H190N12O6S2. The lowest BCUT2D eigenvalue weighted by atomic mass is 9.81. The van der Waals surface area contributed by atoms with E-state index in [1.807, 2.05) is 63.8 Å². The van der Waals surface area contributed by atoms with Gasteiger partial charge in [-0.3, -0.25) is 20.0 Å². The number of amidine groups is 2. The summed E-state index contributed by atoms with van der Waals surface area (Å²) in [6.07, 6.45) is 32.5. The minimum atomic E-state index is -3.04. The van der Waals surface area contributed by atoms with Crippen molar-refractivity contribution in [1.82, 2.24) is 44.3 Å². The largest absolute Gasteiger partial charge is 0.391 e. The molecule has 10 rings (SSSR count). The maximum atomic E-state index is 11.9. The van der Waals surface area contributed by atoms with E-state index in [-0.39, 0.29) is 30.5 Å². The molecule has 18 nitrogen and oxygen atoms in total. The topological polar surface area (TPSA) is 217 Å². The van der Waals surface area contributed by atoms with Crippen molar-refractivity contribution in [3.05, 3.63) is 69.0 Å². The molecule has 4 saturated heterocycles. The van der Waals surface area contributed by atoms with E-state index in [9.17, 15) is 28.2 Å². The molecule has 20 heteroatoms. The van der Waals surface area contributed by atoms with Gasteiger partial charge in [-0.05, 0) is 184 Å². The van der Waals surface area contributed by atoms with Crippen LogP contribution in [0.2, 0.25) is 0 Å². The van der Waals surface area contributed by atoms with Gasteiger partial charge in [0.1, 0.15) is 17.7 Å². The number of rotatable bonds is 31. The molecule has 1 saturated carbocycles. The van der Waals surface area contributed by atoms with Gasteiger partial charge in [-0.15, -0.1) is 11.3 Å². The molecule has 7 aliphatic heterocycles. The number of Topliss-reactive ketones (excluding diaryl/α,β-unsaturated/α-hetero) is 2. The van der Waals surface area contributed by atoms with Crippen LogP contribution in [0.4, 0.5) is 0 Å². The van der Waals surface area contributed by atoms with Gasteiger partial charge in [0.25, 0.3) is 0 Å². The summed E-state index contributed by atoms with van der Waals surface area (Å²) in [4.78, 5) is 38.9. The third kappa shape index (κ3) is 49.0. The van der Waals surface area contributed by atoms with Crippen LogP contribution in [-0.2, 0) is 45.7 Å². The molecule has 9 heterocycles. The summed E-state index contributed by atoms with van der Waals surface area (Å²) in [5.74, 6) is 16.5. The zero-order valence-corrected chi connectivity index (χ0v) is 83.4. The fourth-order valence-corrected chi connectivity index (χ4v) is 16.9. The van der Waals surface area contributed by atoms with Crippen LogP contribution in [0.15, 0.2) is 60.8 Å². The lowest BCUT2D eigenvalue weighted by Crippen LogP contribution is -2.50. The quantitative estimate of drug-likeness (QED) is 0.0104. The van der Waals surface area contributed by atoms with E-state index in [0.717, 1.165) is 123 Å². The molecule has 0 unspecified atom stereocenters. The zero-order chi connectivity index (χ0) is 88.9. The number of fused-ring (bicyclic) bond motifs is 2. The van der Waals surface area contributed by atoms with E-state index in [1.165, 1.54) is 152 Å². The summed E-state index contributed by atoms with van der Waals surface area (Å²) in [5.41, 5.74) is 0.853. The molecule has 118 heavy (non-hydrogen) atoms. The summed E-state index contributed by atoms with van der Waals surface area (Å²) in [6, 6.07) is 2.79. The number of aliphatic hydroxyl groups excluding tert-OH is 2. The van der Waals surface area contributed by atoms with E-state index in [2.05, 4.69) is 239 Å². The Morgan fingerprint density at radius 2 is 1.27 bits per heavy atom. The number of ketones is 2. The second-order valence-corrected chi connectivity index (χ2v) is 43.1. The fourth-order valence-electron chi connectivity index (χ4n) is 15.5. The predicted molar refractivity (Wildman–Crippen MR) is 510 cm³/mol. The summed E-state index contributed by atoms with van der Waals surface area (Å²) in [5, 5.41) is 35.8. The van der Waals surface area contributed by atoms with Gasteiger partial charge in [-0.1, -0.05) is 229 Å². The van der Waals surface area contributed by atoms with E-state index in [1.54, 1.807) is 0 Å². The van der Waals surface area contributed by atoms with Crippen molar-refractivity contribution in [3.8, 4) is 0 Å². The number of unbranched alkanes of at least 4 members (excludes halogenated alkanes) is 1. The van der Waals surface area contributed by atoms with Crippen LogP contribution < -0.4 is 20.0 Å². The smallest absolute Gasteiger partial charge is 0.208 e. The van der Waals surface area contributed by atoms with Crippen molar-refractivity contribution < 1.29 is 32.9 Å². The van der Waals surface area contributed by atoms with Crippen molar-refractivity contribution in [2.24, 2.45) is 111 Å². The van der Waals surface area contributed by atoms with Crippen molar-refractivity contribution in [1.29, 1.82) is 5.41 Å². The minimum Gasteiger partial charge on any atom is -0.391 e. The zero-order valence-electron chi connectivity index (χ0n) is 81.8. The van der Waals surface area contributed by atoms with Crippen LogP contribution in [0.5, 0.6) is 0 Å². The summed E-state index contributed by atoms with van der Waals surface area (Å²) in [7, 11) is 0.776. The van der Waals surface area contributed by atoms with E-state index in [0.29, 0.717) is 79.7 Å². The number of nitrogens with zero attached hydrogens (tertiary/aromatic N) is 8. The number of allylic oxidation sites excluding steroid dienone is 2. The lowest BCUT2D eigenvalue weighted by molar-refractivity contribution is -0.760. The Kier molecular flexibility index (Phi) is 59.4. The number of aliphatic imine (C=N–C) groups is 1. The van der Waals surface area contributed by atoms with Crippen LogP contribution in [-0.4, -0.2) is 173 Å². The van der Waals surface area contributed by atoms with E-state index >= 15 is 0 Å². The van der Waals surface area contributed by atoms with E-state index < -0.39 is 16.1 Å². The van der Waals surface area contributed by atoms with E-state index in [4.69, 9.17) is 5.41 Å². The number of sulfonamides is 1. The normalized spacial score (nSPS) is 21.1. The number of thioether (sulfide) groups is 1. The number of likely N-dealkylation sites (tertiary alicyclic amines) is 2. The number of hydrogen-bond acceptors (Lipinski definition) is 14. The van der Waals surface area contributed by atoms with Gasteiger partial charge >= 0.3 is 0 Å². The van der Waals surface area contributed by atoms with Crippen LogP contribution in [0.1, 0.15) is 307 Å². The number of hydrogen-bond donors (Lipinski definition) is 6. The van der Waals surface area contributed by atoms with Gasteiger partial charge in [-0.25, -0.2) is 18.1 Å². The first-order valence-electron chi connectivity index (χ1n) is 46.8. The average Bonchev–Trinajstić information content (AvgIpc) is 1.52. The number of aliphatic hydroxyl groups is 2. The first-order valence-corrected chi connectivity index (χ1v) is 49.7. The Bertz CT molecular complexity index is 3010. The molecule has 2 aromatic heterocycles. The molecule has 5 fully saturated rings. The predicted octanol–water partition coefficient (Wildman–Crippen LogP) is 20.7. The summed E-state index contributed by atoms with van der Waals surface area (Å²) >= 11 is 1.92. The SMILES string of the molecule is C=C(C)N1CC[C@H](C(C)C)C1.C=CCCCC(C)C.CC(C)C1CN(C2=NCCS2)C1.CC(C)C1Cn2ccc[n+]2C1.CC(C)CC(=N)N(C)C.CC(C)[C@@H]1CN[C@H](CNS(C)(=O)=O)C1.CC(C)[C@@H]1CN[C@H]([C@H](O)C2CCCC2)C1.CC(C)[C@@H]1Cc2nccn2C1.CCC(C)(C)[C@H](O)C(=O)CCCC(=O)CCCC(C)C.CCCC(C)C.[CH3-]. The summed E-state index contributed by atoms with van der Waals surface area (Å²) in [6.45, 7) is 74.8. The van der Waals surface area contributed by atoms with Crippen molar-refractivity contribution in [2.45, 2.75) is 352 Å². The molecule has 0 aromatic carbocycles. The van der Waals surface area contributed by atoms with Gasteiger partial charge in [0, 0.05) is 133 Å². The lowest BCUT2D eigenvalue weighted by Gasteiger charge is -2.42. The highest BCUT2D eigenvalue weighted by molar-refractivity contribution is 8.14. The molecule has 0 radical (unpaired) electrons. The number of nitrogens with one attached hydrogen (secondary N) is 4. The Balaban J connectivity index is 0.00000130. The van der Waals surface area contributed by atoms with Crippen LogP contribution >= 0.6 is 11.8 Å². The molecule has 6 N–H and O–H groups in total. The van der Waals surface area contributed by atoms with Crippen molar-refractivity contribution >= 4 is 44.4 Å². The molecule has 690 valence electrons. The number of aromatic nitrogens is 4. The maximum Gasteiger partial charge on any atom is 0.208 e. The van der Waals surface area contributed by atoms with Gasteiger partial charge in [0.05, 0.1) is 37.5 Å². The Morgan fingerprint density at radius 3 is 1.70 bits per heavy atom. The molecule has 1 aliphatic carbocycles. The molecule has 0 bridgehead atoms. The molecule has 2 aromatic rings. The number of carbonyl (C=O) groups is 2. The average molecular weight is 1700 g/mol. The highest BCUT2D eigenvalue weighted by Gasteiger charge is 2.37. The van der Waals surface area contributed by atoms with Gasteiger partial charge in [-0.2, -0.15) is 4.68 Å². The Hall–Kier alpha value is -3.92. The Labute approximate surface area is 732 Å². The first kappa shape index (κ1) is 114. The molecular weight excluding hydrogens is 1510 g/mol. The maximum absolute atomic E-state index is 11.9. The van der Waals surface area contributed by atoms with Crippen molar-refractivity contribution in [2.75, 3.05) is 78.5 Å². The van der Waals surface area contributed by atoms with Crippen LogP contribution in [0.25, 0.3) is 0 Å². The summed E-state index contributed by atoms with van der Waals surface area (Å²) < 4.78 is 31.1. The van der Waals surface area contributed by atoms with Gasteiger partial charge in [0.2, 0.25) is 10.0 Å². The molecule has 8 aliphatic rings. The molecule has 0 amide bonds. The van der Waals surface area contributed by atoms with Gasteiger partial charge < -0.3 is 47.5 Å². The second-order valence-electron chi connectivity index (χ2n) is 40.2. The first-order chi connectivity index (χ1) is 54.8. The molecule has 8 atom stereocenters. The van der Waals surface area contributed by atoms with Gasteiger partial charge in [0.15, 0.2) is 23.7 Å². The van der Waals surface area contributed by atoms with Crippen LogP contribution in [0, 0.1) is 119 Å². The molecule has 0 spiro atoms. The Morgan fingerprint density at radius 1 is 0.712 bits per heavy atom. The number of carbonyl (C=O) groups excluding carboxylic acids is 2. The standard InChI is InChI=1S/C17H32O3.C13H25NO.C10H19N.C9H20N2O2S.C9H16N2S.C9H14N2.C9H15N2.C8H16.C7H16N2.C6H14.CH3/c1-6-17(4,5)16(20)15(19)12-8-11-14(18)10-7-9-13(2)3;1-9(2)11-7-12(14-8-11)13(15)10-5-3-4-6-10;1-8(2)10-5-6-11(7-10)9(3)4;1-7(2)8-4-9(10-5-8)6-11-14(3,12)13;1-7(2)8-5-11(6-8)9-10-3-4-12-9;1-7(2)8-5-9-10-3-4-11(9)6-8;1-8(2)9-6-10-4-3-5-11(10)7-9;1-4-5-6-7-8(2)3;1-6(2)5-7(8)9(3)4;1-4-5-6(2)3;/h13,16,20H,6-12H2,1-5H3;9-15H,3-8H2,1-2H3;8,10H,3,5-7H2,1-2,4H3;7-11H,4-6H2,1-3H3;7-8H,3-6H2,1-2H3;3-4,7-8H,5-6H2,1-2H3;3-5,8-9H,6-7H2,1-2H3;4,8H,1,5-7H2,2-3H3;6,8H,5H2,1-4H3;6H,4-5H2,1-3H3;1H3/q;;;;;;+1;;;;-1/t16-;11-,12-,13+;10-;8-,9-;;8-;;;;;/m1000.1...../s1. The monoisotopic (exact) mass is 1700 g/mol. The third-order valence-electron chi connectivity index (χ3n) is 25.1. The third-order valence-corrected chi connectivity index (χ3v) is 26.9. The minimum absolute atomic E-state index is 0. The fraction of sp³-hybridized carbons (Fsp3) is 0.847. The highest BCUT2D eigenvalue weighted by atomic mass is 32.2. The second kappa shape index (κ2) is 61.4.